The van der Waals surface area contributed by atoms with Gasteiger partial charge < -0.3 is 14.8 Å². The summed E-state index contributed by atoms with van der Waals surface area (Å²) in [6, 6.07) is 12.5. The summed E-state index contributed by atoms with van der Waals surface area (Å²) in [5.74, 6) is -1.36. The molecule has 27 heavy (non-hydrogen) atoms. The van der Waals surface area contributed by atoms with Crippen molar-refractivity contribution in [2.45, 2.75) is 33.0 Å². The Bertz CT molecular complexity index is 875. The maximum absolute atomic E-state index is 13.5. The zero-order chi connectivity index (χ0) is 20.0. The lowest BCUT2D eigenvalue weighted by Gasteiger charge is -2.18. The Balaban J connectivity index is 1.89. The highest BCUT2D eigenvalue weighted by atomic mass is 19.1. The van der Waals surface area contributed by atoms with Gasteiger partial charge in [0.15, 0.2) is 12.2 Å². The molecule has 0 aliphatic heterocycles. The van der Waals surface area contributed by atoms with Gasteiger partial charge in [0.1, 0.15) is 11.6 Å². The van der Waals surface area contributed by atoms with Crippen LogP contribution in [0.3, 0.4) is 0 Å². The monoisotopic (exact) mass is 370 g/mol. The van der Waals surface area contributed by atoms with Gasteiger partial charge in [-0.2, -0.15) is 5.26 Å². The minimum absolute atomic E-state index is 0.271. The number of carbonyl (C=O) groups is 2. The molecule has 0 aromatic heterocycles. The Morgan fingerprint density at radius 2 is 1.78 bits per heavy atom. The van der Waals surface area contributed by atoms with Gasteiger partial charge >= 0.3 is 5.97 Å². The zero-order valence-corrected chi connectivity index (χ0v) is 15.2. The first-order valence-corrected chi connectivity index (χ1v) is 8.24. The van der Waals surface area contributed by atoms with E-state index in [0.29, 0.717) is 16.9 Å². The van der Waals surface area contributed by atoms with Gasteiger partial charge in [-0.3, -0.25) is 4.79 Å². The molecule has 0 bridgehead atoms. The molecule has 0 saturated heterocycles. The normalized spacial score (nSPS) is 12.4. The van der Waals surface area contributed by atoms with Crippen LogP contribution in [0.15, 0.2) is 42.5 Å². The molecule has 7 heteroatoms. The number of rotatable bonds is 6. The number of esters is 1. The maximum Gasteiger partial charge on any atom is 0.347 e. The molecule has 1 N–H and O–H groups in total. The molecule has 2 aromatic carbocycles. The number of nitrogens with zero attached hydrogens (tertiary/aromatic N) is 1. The van der Waals surface area contributed by atoms with E-state index in [2.05, 4.69) is 5.32 Å². The topological polar surface area (TPSA) is 88.4 Å². The maximum atomic E-state index is 13.5. The third-order valence-electron chi connectivity index (χ3n) is 3.73. The molecule has 0 heterocycles. The molecular formula is C20H19FN2O4. The van der Waals surface area contributed by atoms with Gasteiger partial charge in [0.05, 0.1) is 11.6 Å². The van der Waals surface area contributed by atoms with Crippen molar-refractivity contribution >= 4 is 17.6 Å². The van der Waals surface area contributed by atoms with Crippen molar-refractivity contribution in [1.29, 1.82) is 5.26 Å². The number of anilines is 1. The molecule has 2 aromatic rings. The lowest BCUT2D eigenvalue weighted by Crippen LogP contribution is -2.35. The Hall–Kier alpha value is -3.40. The van der Waals surface area contributed by atoms with Gasteiger partial charge in [-0.15, -0.1) is 0 Å². The van der Waals surface area contributed by atoms with E-state index in [1.807, 2.05) is 6.07 Å². The number of nitriles is 1. The van der Waals surface area contributed by atoms with Gasteiger partial charge in [0, 0.05) is 5.69 Å². The van der Waals surface area contributed by atoms with Crippen LogP contribution in [0.25, 0.3) is 0 Å². The molecule has 140 valence electrons. The van der Waals surface area contributed by atoms with E-state index in [0.717, 1.165) is 0 Å². The largest absolute Gasteiger partial charge is 0.479 e. The fourth-order valence-corrected chi connectivity index (χ4v) is 2.10. The van der Waals surface area contributed by atoms with Crippen LogP contribution in [0.2, 0.25) is 0 Å². The predicted octanol–water partition coefficient (Wildman–Crippen LogP) is 3.34. The Labute approximate surface area is 156 Å². The van der Waals surface area contributed by atoms with E-state index in [1.165, 1.54) is 26.0 Å². The fraction of sp³-hybridized carbons (Fsp3) is 0.250. The first-order valence-electron chi connectivity index (χ1n) is 8.24. The van der Waals surface area contributed by atoms with Crippen LogP contribution in [-0.4, -0.2) is 24.1 Å². The Kier molecular flexibility index (Phi) is 6.50. The smallest absolute Gasteiger partial charge is 0.347 e. The van der Waals surface area contributed by atoms with Gasteiger partial charge in [-0.05, 0) is 62.7 Å². The Morgan fingerprint density at radius 3 is 2.37 bits per heavy atom. The van der Waals surface area contributed by atoms with E-state index in [9.17, 15) is 14.0 Å². The number of carbonyl (C=O) groups excluding carboxylic acids is 2. The quantitative estimate of drug-likeness (QED) is 0.788. The molecule has 0 saturated carbocycles. The van der Waals surface area contributed by atoms with Gasteiger partial charge in [0.25, 0.3) is 5.91 Å². The number of hydrogen-bond donors (Lipinski definition) is 1. The molecule has 0 spiro atoms. The second-order valence-electron chi connectivity index (χ2n) is 5.93. The highest BCUT2D eigenvalue weighted by Crippen LogP contribution is 2.16. The molecule has 2 rings (SSSR count). The van der Waals surface area contributed by atoms with E-state index in [4.69, 9.17) is 14.7 Å². The van der Waals surface area contributed by atoms with Gasteiger partial charge in [0.2, 0.25) is 0 Å². The van der Waals surface area contributed by atoms with E-state index >= 15 is 0 Å². The highest BCUT2D eigenvalue weighted by molar-refractivity contribution is 5.95. The summed E-state index contributed by atoms with van der Waals surface area (Å²) < 4.78 is 24.1. The summed E-state index contributed by atoms with van der Waals surface area (Å²) in [5.41, 5.74) is 1.20. The molecule has 2 atom stereocenters. The molecule has 0 radical (unpaired) electrons. The van der Waals surface area contributed by atoms with Crippen LogP contribution in [0.4, 0.5) is 10.1 Å². The first-order chi connectivity index (χ1) is 12.8. The molecule has 0 unspecified atom stereocenters. The van der Waals surface area contributed by atoms with Crippen LogP contribution in [0, 0.1) is 24.1 Å². The minimum Gasteiger partial charge on any atom is -0.479 e. The number of nitrogens with one attached hydrogen (secondary N) is 1. The number of halogens is 1. The first kappa shape index (κ1) is 19.9. The molecule has 6 nitrogen and oxygen atoms in total. The van der Waals surface area contributed by atoms with Crippen molar-refractivity contribution < 1.29 is 23.5 Å². The second-order valence-corrected chi connectivity index (χ2v) is 5.93. The van der Waals surface area contributed by atoms with Crippen LogP contribution in [0.1, 0.15) is 25.0 Å². The van der Waals surface area contributed by atoms with Gasteiger partial charge in [-0.1, -0.05) is 6.07 Å². The minimum atomic E-state index is -1.09. The SMILES string of the molecule is Cc1ccc(NC(=O)[C@H](C)OC(=O)[C@H](C)Oc2ccc(C#N)cc2)cc1F. The van der Waals surface area contributed by atoms with Gasteiger partial charge in [-0.25, -0.2) is 9.18 Å². The summed E-state index contributed by atoms with van der Waals surface area (Å²) in [6.45, 7) is 4.51. The third kappa shape index (κ3) is 5.54. The van der Waals surface area contributed by atoms with Crippen LogP contribution in [-0.2, 0) is 14.3 Å². The average Bonchev–Trinajstić information content (AvgIpc) is 2.65. The van der Waals surface area contributed by atoms with E-state index in [1.54, 1.807) is 37.3 Å². The van der Waals surface area contributed by atoms with Crippen LogP contribution < -0.4 is 10.1 Å². The molecule has 1 amide bonds. The number of hydrogen-bond acceptors (Lipinski definition) is 5. The molecular weight excluding hydrogens is 351 g/mol. The summed E-state index contributed by atoms with van der Waals surface area (Å²) >= 11 is 0. The summed E-state index contributed by atoms with van der Waals surface area (Å²) in [6.07, 6.45) is -2.04. The number of aryl methyl sites for hydroxylation is 1. The number of ether oxygens (including phenoxy) is 2. The van der Waals surface area contributed by atoms with Crippen LogP contribution >= 0.6 is 0 Å². The Morgan fingerprint density at radius 1 is 1.11 bits per heavy atom. The molecule has 0 fully saturated rings. The standard InChI is InChI=1S/C20H19FN2O4/c1-12-4-7-16(10-18(12)21)23-19(24)13(2)27-20(25)14(3)26-17-8-5-15(11-22)6-9-17/h4-10,13-14H,1-3H3,(H,23,24)/t13-,14-/m0/s1. The number of amides is 1. The highest BCUT2D eigenvalue weighted by Gasteiger charge is 2.23. The summed E-state index contributed by atoms with van der Waals surface area (Å²) in [4.78, 5) is 24.2. The predicted molar refractivity (Wildman–Crippen MR) is 96.6 cm³/mol. The van der Waals surface area contributed by atoms with Crippen molar-refractivity contribution in [1.82, 2.24) is 0 Å². The fourth-order valence-electron chi connectivity index (χ4n) is 2.10. The van der Waals surface area contributed by atoms with Crippen molar-refractivity contribution in [2.24, 2.45) is 0 Å². The molecule has 0 aliphatic rings. The summed E-state index contributed by atoms with van der Waals surface area (Å²) in [5, 5.41) is 11.2. The lowest BCUT2D eigenvalue weighted by atomic mass is 10.2. The summed E-state index contributed by atoms with van der Waals surface area (Å²) in [7, 11) is 0. The average molecular weight is 370 g/mol. The zero-order valence-electron chi connectivity index (χ0n) is 15.2. The van der Waals surface area contributed by atoms with Crippen molar-refractivity contribution in [3.05, 3.63) is 59.4 Å². The second kappa shape index (κ2) is 8.81. The van der Waals surface area contributed by atoms with E-state index in [-0.39, 0.29) is 5.69 Å². The van der Waals surface area contributed by atoms with Crippen molar-refractivity contribution in [3.8, 4) is 11.8 Å². The number of benzene rings is 2. The van der Waals surface area contributed by atoms with Crippen molar-refractivity contribution in [3.63, 3.8) is 0 Å². The molecule has 0 aliphatic carbocycles. The van der Waals surface area contributed by atoms with E-state index < -0.39 is 29.9 Å². The lowest BCUT2D eigenvalue weighted by molar-refractivity contribution is -0.159. The third-order valence-corrected chi connectivity index (χ3v) is 3.73. The van der Waals surface area contributed by atoms with Crippen molar-refractivity contribution in [2.75, 3.05) is 5.32 Å². The van der Waals surface area contributed by atoms with Crippen LogP contribution in [0.5, 0.6) is 5.75 Å².